The lowest BCUT2D eigenvalue weighted by Crippen LogP contribution is -2.22. The van der Waals surface area contributed by atoms with Crippen molar-refractivity contribution >= 4 is 0 Å². The van der Waals surface area contributed by atoms with Gasteiger partial charge in [-0.25, -0.2) is 0 Å². The minimum Gasteiger partial charge on any atom is -0.490 e. The molecule has 0 bridgehead atoms. The Morgan fingerprint density at radius 3 is 2.62 bits per heavy atom. The molecule has 2 aromatic rings. The van der Waals surface area contributed by atoms with Gasteiger partial charge in [-0.2, -0.15) is 0 Å². The van der Waals surface area contributed by atoms with Crippen LogP contribution in [0.15, 0.2) is 42.7 Å². The summed E-state index contributed by atoms with van der Waals surface area (Å²) >= 11 is 0. The lowest BCUT2D eigenvalue weighted by Gasteiger charge is -2.20. The highest BCUT2D eigenvalue weighted by Gasteiger charge is 2.23. The van der Waals surface area contributed by atoms with Gasteiger partial charge in [-0.15, -0.1) is 0 Å². The summed E-state index contributed by atoms with van der Waals surface area (Å²) in [6.07, 6.45) is 6.62. The molecule has 0 aliphatic heterocycles. The van der Waals surface area contributed by atoms with E-state index in [0.717, 1.165) is 12.3 Å². The van der Waals surface area contributed by atoms with E-state index in [0.29, 0.717) is 6.10 Å². The van der Waals surface area contributed by atoms with Gasteiger partial charge in [0.2, 0.25) is 0 Å². The Balaban J connectivity index is 1.84. The minimum atomic E-state index is 0.179. The van der Waals surface area contributed by atoms with Crippen molar-refractivity contribution in [3.63, 3.8) is 0 Å². The molecule has 1 aliphatic carbocycles. The van der Waals surface area contributed by atoms with Crippen LogP contribution < -0.4 is 10.1 Å². The molecule has 3 rings (SSSR count). The third-order valence-electron chi connectivity index (χ3n) is 3.84. The predicted molar refractivity (Wildman–Crippen MR) is 84.6 cm³/mol. The van der Waals surface area contributed by atoms with E-state index >= 15 is 0 Å². The third-order valence-corrected chi connectivity index (χ3v) is 3.84. The van der Waals surface area contributed by atoms with E-state index < -0.39 is 0 Å². The summed E-state index contributed by atoms with van der Waals surface area (Å²) in [6, 6.07) is 10.7. The highest BCUT2D eigenvalue weighted by molar-refractivity contribution is 5.37. The van der Waals surface area contributed by atoms with Gasteiger partial charge < -0.3 is 10.1 Å². The summed E-state index contributed by atoms with van der Waals surface area (Å²) in [5.74, 6) is 0.972. The van der Waals surface area contributed by atoms with Crippen LogP contribution in [0.5, 0.6) is 5.75 Å². The summed E-state index contributed by atoms with van der Waals surface area (Å²) in [5, 5.41) is 3.55. The molecule has 1 atom stereocenters. The van der Waals surface area contributed by atoms with E-state index in [1.54, 1.807) is 0 Å². The first-order valence-electron chi connectivity index (χ1n) is 7.68. The van der Waals surface area contributed by atoms with E-state index in [2.05, 4.69) is 54.5 Å². The van der Waals surface area contributed by atoms with Crippen molar-refractivity contribution in [2.75, 3.05) is 6.54 Å². The molecule has 3 nitrogen and oxygen atoms in total. The van der Waals surface area contributed by atoms with Crippen molar-refractivity contribution in [1.29, 1.82) is 0 Å². The fraction of sp³-hybridized carbons (Fsp3) is 0.389. The first kappa shape index (κ1) is 14.1. The zero-order valence-corrected chi connectivity index (χ0v) is 12.7. The van der Waals surface area contributed by atoms with Crippen LogP contribution in [0.25, 0.3) is 0 Å². The van der Waals surface area contributed by atoms with E-state index in [1.807, 2.05) is 12.4 Å². The lowest BCUT2D eigenvalue weighted by molar-refractivity contribution is 0.303. The number of aryl methyl sites for hydroxylation is 1. The topological polar surface area (TPSA) is 34.1 Å². The van der Waals surface area contributed by atoms with Crippen molar-refractivity contribution in [2.24, 2.45) is 0 Å². The number of benzene rings is 1. The van der Waals surface area contributed by atoms with Crippen LogP contribution in [0.2, 0.25) is 0 Å². The van der Waals surface area contributed by atoms with Gasteiger partial charge in [0.05, 0.1) is 12.1 Å². The van der Waals surface area contributed by atoms with Crippen molar-refractivity contribution in [1.82, 2.24) is 10.3 Å². The molecule has 0 spiro atoms. The van der Waals surface area contributed by atoms with Gasteiger partial charge >= 0.3 is 0 Å². The molecule has 1 fully saturated rings. The van der Waals surface area contributed by atoms with Crippen LogP contribution in [-0.4, -0.2) is 17.6 Å². The second kappa shape index (κ2) is 6.27. The number of aromatic nitrogens is 1. The fourth-order valence-corrected chi connectivity index (χ4v) is 2.51. The van der Waals surface area contributed by atoms with Gasteiger partial charge in [-0.3, -0.25) is 4.98 Å². The number of nitrogens with one attached hydrogen (secondary N) is 1. The molecule has 1 saturated carbocycles. The summed E-state index contributed by atoms with van der Waals surface area (Å²) in [4.78, 5) is 4.27. The number of hydrogen-bond donors (Lipinski definition) is 1. The summed E-state index contributed by atoms with van der Waals surface area (Å²) in [7, 11) is 0. The normalized spacial score (nSPS) is 15.7. The minimum absolute atomic E-state index is 0.179. The van der Waals surface area contributed by atoms with Gasteiger partial charge in [0.15, 0.2) is 0 Å². The van der Waals surface area contributed by atoms with Crippen molar-refractivity contribution in [3.8, 4) is 5.75 Å². The lowest BCUT2D eigenvalue weighted by atomic mass is 9.96. The summed E-state index contributed by atoms with van der Waals surface area (Å²) in [6.45, 7) is 5.18. The largest absolute Gasteiger partial charge is 0.490 e. The van der Waals surface area contributed by atoms with Crippen LogP contribution in [0, 0.1) is 6.92 Å². The maximum absolute atomic E-state index is 5.82. The molecular formula is C18H22N2O. The van der Waals surface area contributed by atoms with Gasteiger partial charge in [0.1, 0.15) is 5.75 Å². The van der Waals surface area contributed by atoms with Crippen LogP contribution in [-0.2, 0) is 0 Å². The van der Waals surface area contributed by atoms with Crippen molar-refractivity contribution < 1.29 is 4.74 Å². The Bertz CT molecular complexity index is 590. The molecule has 0 amide bonds. The Morgan fingerprint density at radius 1 is 1.24 bits per heavy atom. The molecular weight excluding hydrogens is 260 g/mol. The third kappa shape index (κ3) is 3.42. The van der Waals surface area contributed by atoms with E-state index in [-0.39, 0.29) is 6.04 Å². The van der Waals surface area contributed by atoms with Crippen LogP contribution >= 0.6 is 0 Å². The number of pyridine rings is 1. The zero-order chi connectivity index (χ0) is 14.7. The molecule has 1 aliphatic rings. The van der Waals surface area contributed by atoms with Gasteiger partial charge in [-0.1, -0.05) is 19.1 Å². The summed E-state index contributed by atoms with van der Waals surface area (Å²) < 4.78 is 5.82. The number of hydrogen-bond acceptors (Lipinski definition) is 3. The SMILES string of the molecule is CCNC(c1ccc(OC2CC2)cc1)c1cnccc1C. The van der Waals surface area contributed by atoms with Crippen molar-refractivity contribution in [2.45, 2.75) is 38.8 Å². The number of ether oxygens (including phenoxy) is 1. The van der Waals surface area contributed by atoms with Gasteiger partial charge in [-0.05, 0) is 61.2 Å². The number of nitrogens with zero attached hydrogens (tertiary/aromatic N) is 1. The van der Waals surface area contributed by atoms with E-state index in [4.69, 9.17) is 4.74 Å². The maximum atomic E-state index is 5.82. The van der Waals surface area contributed by atoms with E-state index in [1.165, 1.54) is 29.5 Å². The molecule has 0 saturated heterocycles. The van der Waals surface area contributed by atoms with Crippen LogP contribution in [0.1, 0.15) is 42.5 Å². The zero-order valence-electron chi connectivity index (χ0n) is 12.7. The van der Waals surface area contributed by atoms with Crippen molar-refractivity contribution in [3.05, 3.63) is 59.4 Å². The maximum Gasteiger partial charge on any atom is 0.119 e. The molecule has 1 N–H and O–H groups in total. The second-order valence-corrected chi connectivity index (χ2v) is 5.61. The first-order chi connectivity index (χ1) is 10.3. The smallest absolute Gasteiger partial charge is 0.119 e. The molecule has 21 heavy (non-hydrogen) atoms. The Morgan fingerprint density at radius 2 is 2.00 bits per heavy atom. The second-order valence-electron chi connectivity index (χ2n) is 5.61. The molecule has 1 aromatic carbocycles. The van der Waals surface area contributed by atoms with Gasteiger partial charge in [0, 0.05) is 12.4 Å². The standard InChI is InChI=1S/C18H22N2O/c1-3-20-18(17-12-19-11-10-13(17)2)14-4-6-15(7-5-14)21-16-8-9-16/h4-7,10-12,16,18,20H,3,8-9H2,1-2H3. The average molecular weight is 282 g/mol. The molecule has 1 aromatic heterocycles. The quantitative estimate of drug-likeness (QED) is 0.878. The highest BCUT2D eigenvalue weighted by Crippen LogP contribution is 2.29. The highest BCUT2D eigenvalue weighted by atomic mass is 16.5. The fourth-order valence-electron chi connectivity index (χ4n) is 2.51. The first-order valence-corrected chi connectivity index (χ1v) is 7.68. The summed E-state index contributed by atoms with van der Waals surface area (Å²) in [5.41, 5.74) is 3.74. The number of rotatable bonds is 6. The van der Waals surface area contributed by atoms with Crippen LogP contribution in [0.3, 0.4) is 0 Å². The average Bonchev–Trinajstić information content (AvgIpc) is 3.31. The molecule has 1 unspecified atom stereocenters. The Labute approximate surface area is 126 Å². The Hall–Kier alpha value is -1.87. The Kier molecular flexibility index (Phi) is 4.20. The molecule has 3 heteroatoms. The monoisotopic (exact) mass is 282 g/mol. The predicted octanol–water partition coefficient (Wildman–Crippen LogP) is 3.63. The molecule has 1 heterocycles. The molecule has 0 radical (unpaired) electrons. The van der Waals surface area contributed by atoms with E-state index in [9.17, 15) is 0 Å². The molecule has 110 valence electrons. The van der Waals surface area contributed by atoms with Gasteiger partial charge in [0.25, 0.3) is 0 Å². The van der Waals surface area contributed by atoms with Crippen LogP contribution in [0.4, 0.5) is 0 Å².